The normalized spacial score (nSPS) is 18.1. The van der Waals surface area contributed by atoms with Crippen LogP contribution in [0.3, 0.4) is 0 Å². The number of nitrogens with zero attached hydrogens (tertiary/aromatic N) is 4. The molecule has 8 nitrogen and oxygen atoms in total. The molecule has 0 radical (unpaired) electrons. The smallest absolute Gasteiger partial charge is 0.254 e. The van der Waals surface area contributed by atoms with Gasteiger partial charge in [-0.3, -0.25) is 14.4 Å². The average Bonchev–Trinajstić information content (AvgIpc) is 3.32. The fourth-order valence-electron chi connectivity index (χ4n) is 3.79. The Labute approximate surface area is 168 Å². The van der Waals surface area contributed by atoms with Crippen LogP contribution in [-0.2, 0) is 22.6 Å². The molecule has 2 aliphatic heterocycles. The minimum Gasteiger partial charge on any atom is -0.352 e. The lowest BCUT2D eigenvalue weighted by molar-refractivity contribution is -0.131. The van der Waals surface area contributed by atoms with E-state index in [-0.39, 0.29) is 30.3 Å². The predicted octanol–water partition coefficient (Wildman–Crippen LogP) is 0.782. The lowest BCUT2D eigenvalue weighted by Crippen LogP contribution is -2.42. The van der Waals surface area contributed by atoms with Crippen LogP contribution in [0.2, 0.25) is 0 Å². The summed E-state index contributed by atoms with van der Waals surface area (Å²) in [5, 5.41) is 2.98. The number of amides is 3. The third-order valence-corrected chi connectivity index (χ3v) is 5.32. The van der Waals surface area contributed by atoms with E-state index in [0.29, 0.717) is 50.3 Å². The molecule has 0 saturated carbocycles. The lowest BCUT2D eigenvalue weighted by atomic mass is 10.1. The molecule has 150 valence electrons. The van der Waals surface area contributed by atoms with Crippen molar-refractivity contribution in [3.8, 4) is 0 Å². The Morgan fingerprint density at radius 2 is 1.93 bits per heavy atom. The van der Waals surface area contributed by atoms with Gasteiger partial charge in [0.1, 0.15) is 12.4 Å². The molecule has 1 N–H and O–H groups in total. The Bertz CT molecular complexity index is 918. The van der Waals surface area contributed by atoms with Gasteiger partial charge in [-0.15, -0.1) is 0 Å². The highest BCUT2D eigenvalue weighted by Crippen LogP contribution is 2.22. The van der Waals surface area contributed by atoms with Gasteiger partial charge in [0.15, 0.2) is 0 Å². The molecule has 1 aromatic heterocycles. The second kappa shape index (κ2) is 8.38. The van der Waals surface area contributed by atoms with Gasteiger partial charge in [0.2, 0.25) is 11.8 Å². The monoisotopic (exact) mass is 393 g/mol. The Kier molecular flexibility index (Phi) is 5.50. The number of hydrogen-bond donors (Lipinski definition) is 1. The first kappa shape index (κ1) is 19.0. The van der Waals surface area contributed by atoms with Crippen LogP contribution >= 0.6 is 0 Å². The highest BCUT2D eigenvalue weighted by Gasteiger charge is 2.32. The van der Waals surface area contributed by atoms with Crippen LogP contribution in [0.1, 0.15) is 34.6 Å². The first-order valence-electron chi connectivity index (χ1n) is 9.80. The third-order valence-electron chi connectivity index (χ3n) is 5.32. The topological polar surface area (TPSA) is 95.5 Å². The Balaban J connectivity index is 1.23. The van der Waals surface area contributed by atoms with Gasteiger partial charge in [-0.05, 0) is 24.1 Å². The van der Waals surface area contributed by atoms with Crippen LogP contribution in [0, 0.1) is 0 Å². The Morgan fingerprint density at radius 3 is 2.72 bits per heavy atom. The van der Waals surface area contributed by atoms with E-state index in [2.05, 4.69) is 15.3 Å². The third kappa shape index (κ3) is 4.42. The van der Waals surface area contributed by atoms with Crippen LogP contribution < -0.4 is 5.32 Å². The molecule has 29 heavy (non-hydrogen) atoms. The molecule has 1 fully saturated rings. The van der Waals surface area contributed by atoms with Crippen LogP contribution in [0.4, 0.5) is 0 Å². The number of likely N-dealkylation sites (tertiary alicyclic amines) is 1. The van der Waals surface area contributed by atoms with E-state index in [0.717, 1.165) is 5.56 Å². The minimum absolute atomic E-state index is 0.0605. The van der Waals surface area contributed by atoms with Crippen molar-refractivity contribution in [3.05, 3.63) is 59.7 Å². The van der Waals surface area contributed by atoms with Gasteiger partial charge in [0.05, 0.1) is 0 Å². The molecule has 1 aromatic carbocycles. The minimum atomic E-state index is -0.0962. The molecule has 3 heterocycles. The first-order chi connectivity index (χ1) is 14.1. The highest BCUT2D eigenvalue weighted by molar-refractivity contribution is 6.00. The molecule has 8 heteroatoms. The molecule has 2 aliphatic rings. The zero-order valence-electron chi connectivity index (χ0n) is 16.1. The second-order valence-corrected chi connectivity index (χ2v) is 7.38. The molecular weight excluding hydrogens is 370 g/mol. The standard InChI is InChI=1S/C21H23N5O3/c27-19(7-6-18-22-9-3-10-23-18)24-16-8-11-25(13-16)20(28)14-26-12-15-4-1-2-5-17(15)21(26)29/h1-5,9-10,16H,6-8,11-14H2,(H,24,27)/t16-/m1/s1. The quantitative estimate of drug-likeness (QED) is 0.783. The van der Waals surface area contributed by atoms with Gasteiger partial charge < -0.3 is 15.1 Å². The van der Waals surface area contributed by atoms with Crippen LogP contribution in [0.5, 0.6) is 0 Å². The number of rotatable bonds is 6. The molecular formula is C21H23N5O3. The van der Waals surface area contributed by atoms with Crippen molar-refractivity contribution in [1.29, 1.82) is 0 Å². The van der Waals surface area contributed by atoms with Gasteiger partial charge in [-0.1, -0.05) is 18.2 Å². The molecule has 1 atom stereocenters. The van der Waals surface area contributed by atoms with Crippen molar-refractivity contribution in [3.63, 3.8) is 0 Å². The number of nitrogens with one attached hydrogen (secondary N) is 1. The van der Waals surface area contributed by atoms with Crippen molar-refractivity contribution in [1.82, 2.24) is 25.1 Å². The number of fused-ring (bicyclic) bond motifs is 1. The fraction of sp³-hybridized carbons (Fsp3) is 0.381. The van der Waals surface area contributed by atoms with E-state index >= 15 is 0 Å². The average molecular weight is 393 g/mol. The van der Waals surface area contributed by atoms with E-state index in [1.807, 2.05) is 18.2 Å². The summed E-state index contributed by atoms with van der Waals surface area (Å²) >= 11 is 0. The number of aryl methyl sites for hydroxylation is 1. The Morgan fingerprint density at radius 1 is 1.14 bits per heavy atom. The fourth-order valence-corrected chi connectivity index (χ4v) is 3.79. The number of carbonyl (C=O) groups excluding carboxylic acids is 3. The van der Waals surface area contributed by atoms with Gasteiger partial charge in [-0.25, -0.2) is 9.97 Å². The van der Waals surface area contributed by atoms with Crippen molar-refractivity contribution >= 4 is 17.7 Å². The van der Waals surface area contributed by atoms with E-state index in [1.54, 1.807) is 34.3 Å². The zero-order chi connectivity index (χ0) is 20.2. The summed E-state index contributed by atoms with van der Waals surface area (Å²) in [6, 6.07) is 9.12. The summed E-state index contributed by atoms with van der Waals surface area (Å²) in [4.78, 5) is 48.8. The summed E-state index contributed by atoms with van der Waals surface area (Å²) in [7, 11) is 0. The highest BCUT2D eigenvalue weighted by atomic mass is 16.2. The summed E-state index contributed by atoms with van der Waals surface area (Å²) in [6.45, 7) is 1.60. The van der Waals surface area contributed by atoms with Gasteiger partial charge in [-0.2, -0.15) is 0 Å². The maximum absolute atomic E-state index is 12.6. The molecule has 4 rings (SSSR count). The van der Waals surface area contributed by atoms with Crippen LogP contribution in [0.15, 0.2) is 42.7 Å². The molecule has 3 amide bonds. The predicted molar refractivity (Wildman–Crippen MR) is 105 cm³/mol. The molecule has 0 unspecified atom stereocenters. The van der Waals surface area contributed by atoms with Gasteiger partial charge in [0.25, 0.3) is 5.91 Å². The first-order valence-corrected chi connectivity index (χ1v) is 9.80. The summed E-state index contributed by atoms with van der Waals surface area (Å²) in [5.41, 5.74) is 1.63. The summed E-state index contributed by atoms with van der Waals surface area (Å²) < 4.78 is 0. The molecule has 0 aliphatic carbocycles. The van der Waals surface area contributed by atoms with Gasteiger partial charge >= 0.3 is 0 Å². The van der Waals surface area contributed by atoms with Crippen molar-refractivity contribution in [2.24, 2.45) is 0 Å². The van der Waals surface area contributed by atoms with Crippen molar-refractivity contribution in [2.45, 2.75) is 31.8 Å². The van der Waals surface area contributed by atoms with E-state index in [9.17, 15) is 14.4 Å². The molecule has 2 aromatic rings. The summed E-state index contributed by atoms with van der Waals surface area (Å²) in [6.07, 6.45) is 4.83. The van der Waals surface area contributed by atoms with E-state index in [1.165, 1.54) is 0 Å². The maximum atomic E-state index is 12.6. The lowest BCUT2D eigenvalue weighted by Gasteiger charge is -2.21. The summed E-state index contributed by atoms with van der Waals surface area (Å²) in [5.74, 6) is 0.394. The number of carbonyl (C=O) groups is 3. The van der Waals surface area contributed by atoms with Crippen LogP contribution in [0.25, 0.3) is 0 Å². The largest absolute Gasteiger partial charge is 0.352 e. The zero-order valence-corrected chi connectivity index (χ0v) is 16.1. The SMILES string of the molecule is O=C(CCc1ncccn1)N[C@@H]1CCN(C(=O)CN2Cc3ccccc3C2=O)C1. The number of benzene rings is 1. The van der Waals surface area contributed by atoms with E-state index < -0.39 is 0 Å². The second-order valence-electron chi connectivity index (χ2n) is 7.38. The van der Waals surface area contributed by atoms with Crippen molar-refractivity contribution < 1.29 is 14.4 Å². The Hall–Kier alpha value is -3.29. The van der Waals surface area contributed by atoms with Crippen molar-refractivity contribution in [2.75, 3.05) is 19.6 Å². The molecule has 0 spiro atoms. The molecule has 1 saturated heterocycles. The van der Waals surface area contributed by atoms with E-state index in [4.69, 9.17) is 0 Å². The maximum Gasteiger partial charge on any atom is 0.254 e. The number of aromatic nitrogens is 2. The van der Waals surface area contributed by atoms with Gasteiger partial charge in [0, 0.05) is 56.5 Å². The molecule has 0 bridgehead atoms. The van der Waals surface area contributed by atoms with Crippen LogP contribution in [-0.4, -0.2) is 63.2 Å². The number of hydrogen-bond acceptors (Lipinski definition) is 5.